The van der Waals surface area contributed by atoms with Gasteiger partial charge in [-0.05, 0) is 62.3 Å². The van der Waals surface area contributed by atoms with Crippen LogP contribution in [-0.4, -0.2) is 76.5 Å². The summed E-state index contributed by atoms with van der Waals surface area (Å²) in [5, 5.41) is 8.27. The molecule has 3 aliphatic heterocycles. The summed E-state index contributed by atoms with van der Waals surface area (Å²) in [4.78, 5) is 70.8. The lowest BCUT2D eigenvalue weighted by Gasteiger charge is -2.29. The first-order chi connectivity index (χ1) is 25.8. The Labute approximate surface area is 311 Å². The molecule has 12 nitrogen and oxygen atoms in total. The molecule has 2 aromatic carbocycles. The number of rotatable bonds is 7. The Morgan fingerprint density at radius 3 is 2.63 bits per heavy atom. The van der Waals surface area contributed by atoms with Crippen molar-refractivity contribution in [3.8, 4) is 0 Å². The maximum atomic E-state index is 14.4. The summed E-state index contributed by atoms with van der Waals surface area (Å²) in [6.45, 7) is 5.01. The van der Waals surface area contributed by atoms with Crippen molar-refractivity contribution in [3.63, 3.8) is 0 Å². The Bertz CT molecular complexity index is 1860. The Hall–Kier alpha value is -5.34. The number of hydrogen-bond acceptors (Lipinski definition) is 7. The lowest BCUT2D eigenvalue weighted by molar-refractivity contribution is -0.141. The molecule has 15 heteroatoms. The van der Waals surface area contributed by atoms with Gasteiger partial charge in [-0.15, -0.1) is 0 Å². The standard InChI is InChI=1S/C39H44F3N5O7/c1-23(2)53-37(51)44-32-12-7-5-3-4-6-10-26-19-39(26,36(50)43-16-15-24-13-14-27(40)17-31(24)42)45-34(48)33-18-28(21-47(33)35(32)49)54-38(52)46-20-25-9-8-11-30(41)29(25)22-46/h6,8-11,13-14,17,26,28,32-33H,1,3-5,7,12,15-16,18-22H2,2H3,(H,43,50)(H,44,51)(H,45,48)/b10-6-/t26?,28?,32?,33-,39?/m0/s1. The molecule has 6 rings (SSSR count). The highest BCUT2D eigenvalue weighted by Gasteiger charge is 2.61. The normalized spacial score (nSPS) is 25.9. The van der Waals surface area contributed by atoms with Gasteiger partial charge in [0, 0.05) is 37.1 Å². The third-order valence-corrected chi connectivity index (χ3v) is 10.4. The van der Waals surface area contributed by atoms with E-state index in [-0.39, 0.29) is 69.1 Å². The molecule has 0 aromatic heterocycles. The predicted octanol–water partition coefficient (Wildman–Crippen LogP) is 4.91. The van der Waals surface area contributed by atoms with E-state index < -0.39 is 71.1 Å². The van der Waals surface area contributed by atoms with E-state index in [1.807, 2.05) is 12.2 Å². The monoisotopic (exact) mass is 751 g/mol. The second-order valence-corrected chi connectivity index (χ2v) is 14.3. The number of ether oxygens (including phenoxy) is 2. The summed E-state index contributed by atoms with van der Waals surface area (Å²) >= 11 is 0. The van der Waals surface area contributed by atoms with Gasteiger partial charge in [-0.3, -0.25) is 19.3 Å². The minimum Gasteiger partial charge on any atom is -0.444 e. The number of hydrogen-bond donors (Lipinski definition) is 3. The van der Waals surface area contributed by atoms with Gasteiger partial charge in [-0.1, -0.05) is 49.8 Å². The van der Waals surface area contributed by atoms with E-state index in [2.05, 4.69) is 22.5 Å². The summed E-state index contributed by atoms with van der Waals surface area (Å²) in [5.74, 6) is -3.89. The molecule has 0 spiro atoms. The number of carbonyl (C=O) groups is 5. The maximum absolute atomic E-state index is 14.4. The first-order valence-electron chi connectivity index (χ1n) is 18.2. The quantitative estimate of drug-likeness (QED) is 0.269. The minimum absolute atomic E-state index is 0.00269. The summed E-state index contributed by atoms with van der Waals surface area (Å²) < 4.78 is 53.0. The molecule has 5 atom stereocenters. The number of nitrogens with one attached hydrogen (secondary N) is 3. The molecule has 1 saturated carbocycles. The molecular formula is C39H44F3N5O7. The van der Waals surface area contributed by atoms with Crippen LogP contribution in [0.2, 0.25) is 0 Å². The molecule has 2 fully saturated rings. The Balaban J connectivity index is 1.21. The first-order valence-corrected chi connectivity index (χ1v) is 18.2. The maximum Gasteiger partial charge on any atom is 0.412 e. The predicted molar refractivity (Wildman–Crippen MR) is 189 cm³/mol. The van der Waals surface area contributed by atoms with Gasteiger partial charge < -0.3 is 30.3 Å². The lowest BCUT2D eigenvalue weighted by Crippen LogP contribution is -2.58. The van der Waals surface area contributed by atoms with E-state index in [4.69, 9.17) is 9.47 Å². The molecule has 3 heterocycles. The van der Waals surface area contributed by atoms with Crippen molar-refractivity contribution in [1.29, 1.82) is 0 Å². The van der Waals surface area contributed by atoms with Gasteiger partial charge in [0.1, 0.15) is 41.2 Å². The van der Waals surface area contributed by atoms with Crippen LogP contribution in [0, 0.1) is 23.4 Å². The summed E-state index contributed by atoms with van der Waals surface area (Å²) in [6, 6.07) is 5.52. The first kappa shape index (κ1) is 38.4. The van der Waals surface area contributed by atoms with E-state index in [0.29, 0.717) is 24.0 Å². The van der Waals surface area contributed by atoms with Crippen molar-refractivity contribution < 1.29 is 46.6 Å². The molecule has 1 aliphatic carbocycles. The lowest BCUT2D eigenvalue weighted by atomic mass is 10.1. The number of allylic oxidation sites excluding steroid dienone is 2. The molecule has 1 saturated heterocycles. The third kappa shape index (κ3) is 8.71. The van der Waals surface area contributed by atoms with Crippen molar-refractivity contribution in [1.82, 2.24) is 25.8 Å². The highest BCUT2D eigenvalue weighted by molar-refractivity contribution is 5.98. The van der Waals surface area contributed by atoms with Crippen LogP contribution in [0.5, 0.6) is 0 Å². The van der Waals surface area contributed by atoms with Gasteiger partial charge in [-0.2, -0.15) is 0 Å². The van der Waals surface area contributed by atoms with E-state index >= 15 is 0 Å². The molecule has 3 N–H and O–H groups in total. The zero-order chi connectivity index (χ0) is 38.6. The molecule has 4 aliphatic rings. The topological polar surface area (TPSA) is 146 Å². The number of nitrogens with zero attached hydrogens (tertiary/aromatic N) is 2. The average Bonchev–Trinajstić information content (AvgIpc) is 3.41. The van der Waals surface area contributed by atoms with Crippen LogP contribution in [0.25, 0.3) is 0 Å². The van der Waals surface area contributed by atoms with Gasteiger partial charge >= 0.3 is 12.2 Å². The SMILES string of the molecule is C=C(C)OC(=O)NC1CCCCC/C=C\C2CC2(C(=O)NCCc2ccc(F)cc2F)NC(=O)[C@@H]2CC(OC(=O)N3Cc4cccc(F)c4C3)CN2C1=O. The third-order valence-electron chi connectivity index (χ3n) is 10.4. The van der Waals surface area contributed by atoms with E-state index in [1.54, 1.807) is 12.1 Å². The van der Waals surface area contributed by atoms with E-state index in [9.17, 15) is 37.1 Å². The van der Waals surface area contributed by atoms with Crippen LogP contribution in [-0.2, 0) is 43.4 Å². The largest absolute Gasteiger partial charge is 0.444 e. The zero-order valence-electron chi connectivity index (χ0n) is 30.0. The van der Waals surface area contributed by atoms with Crippen LogP contribution in [0.1, 0.15) is 68.6 Å². The fraction of sp³-hybridized carbons (Fsp3) is 0.462. The van der Waals surface area contributed by atoms with E-state index in [1.165, 1.54) is 28.9 Å². The summed E-state index contributed by atoms with van der Waals surface area (Å²) in [7, 11) is 0. The fourth-order valence-corrected chi connectivity index (χ4v) is 7.42. The van der Waals surface area contributed by atoms with Crippen molar-refractivity contribution in [2.45, 2.75) is 95.1 Å². The Morgan fingerprint density at radius 1 is 1.06 bits per heavy atom. The number of halogens is 3. The Kier molecular flexibility index (Phi) is 11.6. The minimum atomic E-state index is -1.37. The van der Waals surface area contributed by atoms with E-state index in [0.717, 1.165) is 25.0 Å². The molecule has 0 radical (unpaired) electrons. The van der Waals surface area contributed by atoms with Gasteiger partial charge in [0.25, 0.3) is 0 Å². The molecular weight excluding hydrogens is 707 g/mol. The molecule has 54 heavy (non-hydrogen) atoms. The van der Waals surface area contributed by atoms with Crippen molar-refractivity contribution in [2.24, 2.45) is 5.92 Å². The number of alkyl carbamates (subject to hydrolysis) is 1. The van der Waals surface area contributed by atoms with Crippen molar-refractivity contribution >= 4 is 29.9 Å². The van der Waals surface area contributed by atoms with Gasteiger partial charge in [0.2, 0.25) is 17.7 Å². The van der Waals surface area contributed by atoms with Crippen LogP contribution in [0.15, 0.2) is 60.9 Å². The van der Waals surface area contributed by atoms with Crippen molar-refractivity contribution in [2.75, 3.05) is 13.1 Å². The summed E-state index contributed by atoms with van der Waals surface area (Å²) in [5.41, 5.74) is -0.118. The number of carbonyl (C=O) groups excluding carboxylic acids is 5. The second-order valence-electron chi connectivity index (χ2n) is 14.3. The molecule has 288 valence electrons. The fourth-order valence-electron chi connectivity index (χ4n) is 7.42. The number of fused-ring (bicyclic) bond motifs is 3. The second kappa shape index (κ2) is 16.4. The number of amides is 5. The highest BCUT2D eigenvalue weighted by Crippen LogP contribution is 2.45. The number of benzene rings is 2. The van der Waals surface area contributed by atoms with Gasteiger partial charge in [0.05, 0.1) is 18.8 Å². The molecule has 0 bridgehead atoms. The summed E-state index contributed by atoms with van der Waals surface area (Å²) in [6.07, 6.45) is 4.49. The smallest absolute Gasteiger partial charge is 0.412 e. The van der Waals surface area contributed by atoms with Crippen LogP contribution in [0.4, 0.5) is 22.8 Å². The van der Waals surface area contributed by atoms with Gasteiger partial charge in [0.15, 0.2) is 0 Å². The molecule has 2 aromatic rings. The van der Waals surface area contributed by atoms with Crippen molar-refractivity contribution in [3.05, 3.63) is 95.0 Å². The average molecular weight is 752 g/mol. The van der Waals surface area contributed by atoms with Crippen LogP contribution in [0.3, 0.4) is 0 Å². The molecule has 5 amide bonds. The zero-order valence-corrected chi connectivity index (χ0v) is 30.0. The molecule has 4 unspecified atom stereocenters. The van der Waals surface area contributed by atoms with Crippen LogP contribution < -0.4 is 16.0 Å². The highest BCUT2D eigenvalue weighted by atomic mass is 19.1. The van der Waals surface area contributed by atoms with Crippen LogP contribution >= 0.6 is 0 Å². The van der Waals surface area contributed by atoms with Gasteiger partial charge in [-0.25, -0.2) is 22.8 Å². The Morgan fingerprint density at radius 2 is 1.87 bits per heavy atom.